The highest BCUT2D eigenvalue weighted by Gasteiger charge is 2.74. The number of nitrogens with one attached hydrogen (secondary N) is 3. The number of nitrogens with zero attached hydrogens (tertiary/aromatic N) is 8. The topological polar surface area (TPSA) is 273 Å². The maximum atomic E-state index is 16.9. The second-order valence-corrected chi connectivity index (χ2v) is 25.1. The first-order valence-corrected chi connectivity index (χ1v) is 26.1. The smallest absolute Gasteiger partial charge is 0.411 e. The van der Waals surface area contributed by atoms with Crippen molar-refractivity contribution in [2.75, 3.05) is 37.0 Å². The molecule has 4 aromatic heterocycles. The molecule has 0 bridgehead atoms. The van der Waals surface area contributed by atoms with Gasteiger partial charge in [-0.2, -0.15) is 4.98 Å². The Bertz CT molecular complexity index is 2820. The number of halogens is 1. The summed E-state index contributed by atoms with van der Waals surface area (Å²) in [7, 11) is -7.54. The zero-order valence-corrected chi connectivity index (χ0v) is 39.7. The molecule has 10 atom stereocenters. The van der Waals surface area contributed by atoms with Crippen LogP contribution in [0.15, 0.2) is 54.1 Å². The van der Waals surface area contributed by atoms with Gasteiger partial charge in [0.05, 0.1) is 38.0 Å². The Hall–Kier alpha value is -5.35. The fraction of sp³-hybridized carbons (Fsp3) is 0.548. The number of hydrogen-bond donors (Lipinski definition) is 5. The van der Waals surface area contributed by atoms with Crippen molar-refractivity contribution in [3.63, 3.8) is 0 Å². The van der Waals surface area contributed by atoms with Crippen LogP contribution in [0.4, 0.5) is 16.2 Å². The van der Waals surface area contributed by atoms with Crippen LogP contribution in [0.2, 0.25) is 18.1 Å². The number of rotatable bonds is 17. The van der Waals surface area contributed by atoms with Crippen LogP contribution in [0, 0.1) is 23.8 Å². The number of aliphatic hydroxyl groups excluding tert-OH is 2. The van der Waals surface area contributed by atoms with E-state index in [0.717, 1.165) is 6.33 Å². The molecule has 8 rings (SSSR count). The molecule has 3 fully saturated rings. The third kappa shape index (κ3) is 9.07. The highest BCUT2D eigenvalue weighted by Crippen LogP contribution is 2.71. The van der Waals surface area contributed by atoms with Crippen LogP contribution in [-0.4, -0.2) is 126 Å². The zero-order valence-electron chi connectivity index (χ0n) is 37.8. The van der Waals surface area contributed by atoms with Crippen LogP contribution in [0.1, 0.15) is 63.7 Å². The molecular weight excluding hydrogens is 913 g/mol. The number of aliphatic hydroxyl groups is 2. The van der Waals surface area contributed by atoms with Crippen molar-refractivity contribution in [3.05, 3.63) is 76.6 Å². The Balaban J connectivity index is 1.07. The van der Waals surface area contributed by atoms with Gasteiger partial charge in [-0.05, 0) is 42.6 Å². The summed E-state index contributed by atoms with van der Waals surface area (Å²) in [5.41, 5.74) is -1.04. The molecule has 5 heterocycles. The molecule has 22 nitrogen and oxygen atoms in total. The molecule has 2 aliphatic carbocycles. The summed E-state index contributed by atoms with van der Waals surface area (Å²) in [6.45, 7) is 19.0. The Labute approximate surface area is 384 Å². The second kappa shape index (κ2) is 18.3. The number of phosphoric acid groups is 1. The van der Waals surface area contributed by atoms with Gasteiger partial charge in [0.1, 0.15) is 31.2 Å². The van der Waals surface area contributed by atoms with Crippen LogP contribution < -0.4 is 16.2 Å². The van der Waals surface area contributed by atoms with Gasteiger partial charge in [-0.3, -0.25) is 42.8 Å². The van der Waals surface area contributed by atoms with E-state index < -0.39 is 108 Å². The zero-order chi connectivity index (χ0) is 48.2. The number of imidazole rings is 2. The number of hydrogen-bond acceptors (Lipinski definition) is 16. The first-order valence-electron chi connectivity index (χ1n) is 21.7. The van der Waals surface area contributed by atoms with E-state index in [-0.39, 0.29) is 51.6 Å². The fourth-order valence-corrected chi connectivity index (χ4v) is 11.2. The predicted molar refractivity (Wildman–Crippen MR) is 241 cm³/mol. The van der Waals surface area contributed by atoms with Gasteiger partial charge in [0.25, 0.3) is 11.5 Å². The first-order chi connectivity index (χ1) is 31.7. The van der Waals surface area contributed by atoms with E-state index in [9.17, 15) is 29.2 Å². The average molecular weight is 966 g/mol. The normalized spacial score (nSPS) is 27.0. The predicted octanol–water partition coefficient (Wildman–Crippen LogP) is 4.79. The minimum atomic E-state index is -4.86. The molecule has 0 spiro atoms. The molecule has 1 saturated heterocycles. The molecule has 0 radical (unpaired) electrons. The first kappa shape index (κ1) is 48.1. The third-order valence-electron chi connectivity index (χ3n) is 13.1. The minimum Gasteiger partial charge on any atom is -0.411 e. The standard InChI is InChI=1S/C42H53FN11O11PSi/c1-22(2)36(57)51-40-50-35-28(38(59)52-40)48-20-53(35)29-24-16-42(24,32(30(29)56)65-67(7,8)41(3,4)5)18-62-66(60,61-15-14-44-6)64-31-25(17-55)63-39(26(31)43)54-21-47-27-33(45-19-46-34(27)54)49-37(58)23-12-10-9-11-13-23/h9-13,19-22,24-26,29-32,39,55-56H,14-18H2,1-5,7-8H3,(H,45,46,49,58)(H2,50,51,52,57,59)/t24-,25-,26-,29-,30+,31-,32+,39-,42+,66?/m1/s1. The lowest BCUT2D eigenvalue weighted by Crippen LogP contribution is -2.50. The molecule has 2 amide bonds. The van der Waals surface area contributed by atoms with Crippen LogP contribution >= 0.6 is 7.82 Å². The van der Waals surface area contributed by atoms with Gasteiger partial charge in [0.2, 0.25) is 18.4 Å². The van der Waals surface area contributed by atoms with Gasteiger partial charge in [-0.15, -0.1) is 0 Å². The lowest BCUT2D eigenvalue weighted by Gasteiger charge is -2.42. The summed E-state index contributed by atoms with van der Waals surface area (Å²) in [6, 6.07) is 7.60. The van der Waals surface area contributed by atoms with Crippen LogP contribution in [-0.2, 0) is 32.1 Å². The number of benzene rings is 1. The number of aromatic amines is 1. The molecule has 1 aliphatic heterocycles. The van der Waals surface area contributed by atoms with Crippen molar-refractivity contribution in [3.8, 4) is 0 Å². The van der Waals surface area contributed by atoms with Crippen molar-refractivity contribution in [1.82, 2.24) is 39.0 Å². The number of fused-ring (bicyclic) bond motifs is 3. The Morgan fingerprint density at radius 2 is 1.81 bits per heavy atom. The molecule has 1 unspecified atom stereocenters. The lowest BCUT2D eigenvalue weighted by atomic mass is 10.0. The highest BCUT2D eigenvalue weighted by atomic mass is 31.2. The maximum Gasteiger partial charge on any atom is 0.475 e. The van der Waals surface area contributed by atoms with E-state index in [1.54, 1.807) is 48.7 Å². The molecular formula is C42H53FN11O11PSi. The van der Waals surface area contributed by atoms with Crippen LogP contribution in [0.5, 0.6) is 0 Å². The number of anilines is 2. The van der Waals surface area contributed by atoms with Crippen molar-refractivity contribution in [2.45, 2.75) is 102 Å². The minimum absolute atomic E-state index is 0.0279. The Morgan fingerprint density at radius 1 is 1.09 bits per heavy atom. The number of H-pyrrole nitrogens is 1. The SMILES string of the molecule is [C-]#[N+]CCOP(=O)(OC[C@@]12C[C@@H]1[C@@H](n1cnc3c(=O)[nH]c(NC(=O)C(C)C)nc31)[C@H](O)[C@@H]2O[Si](C)(C)C(C)(C)C)O[C@H]1[C@@H](F)[C@H](n2cnc3c(NC(=O)c4ccccc4)ncnc32)O[C@@H]1CO. The summed E-state index contributed by atoms with van der Waals surface area (Å²) in [5, 5.41) is 27.7. The molecule has 2 saturated carbocycles. The van der Waals surface area contributed by atoms with E-state index >= 15 is 4.39 Å². The molecule has 358 valence electrons. The van der Waals surface area contributed by atoms with Gasteiger partial charge >= 0.3 is 7.82 Å². The van der Waals surface area contributed by atoms with Crippen molar-refractivity contribution >= 4 is 62.0 Å². The van der Waals surface area contributed by atoms with Gasteiger partial charge in [0.15, 0.2) is 48.9 Å². The number of aromatic nitrogens is 8. The van der Waals surface area contributed by atoms with Crippen molar-refractivity contribution in [2.24, 2.45) is 17.3 Å². The van der Waals surface area contributed by atoms with Gasteiger partial charge in [-0.1, -0.05) is 52.8 Å². The molecule has 5 N–H and O–H groups in total. The second-order valence-electron chi connectivity index (χ2n) is 18.8. The molecule has 67 heavy (non-hydrogen) atoms. The molecule has 25 heteroatoms. The maximum absolute atomic E-state index is 16.9. The van der Waals surface area contributed by atoms with Crippen molar-refractivity contribution < 1.29 is 51.5 Å². The number of phosphoric ester groups is 1. The van der Waals surface area contributed by atoms with E-state index in [4.69, 9.17) is 29.3 Å². The Morgan fingerprint density at radius 3 is 2.49 bits per heavy atom. The van der Waals surface area contributed by atoms with Gasteiger partial charge in [0, 0.05) is 16.9 Å². The number of carbonyl (C=O) groups is 2. The van der Waals surface area contributed by atoms with E-state index in [0.29, 0.717) is 12.0 Å². The molecule has 3 aliphatic rings. The Kier molecular flexibility index (Phi) is 13.1. The lowest BCUT2D eigenvalue weighted by molar-refractivity contribution is -0.118. The van der Waals surface area contributed by atoms with Crippen LogP contribution in [0.25, 0.3) is 27.2 Å². The number of carbonyl (C=O) groups excluding carboxylic acids is 2. The van der Waals surface area contributed by atoms with Crippen LogP contribution in [0.3, 0.4) is 0 Å². The molecule has 1 aromatic carbocycles. The highest BCUT2D eigenvalue weighted by molar-refractivity contribution is 7.48. The summed E-state index contributed by atoms with van der Waals surface area (Å²) in [5.74, 6) is -1.77. The number of amides is 2. The van der Waals surface area contributed by atoms with E-state index in [1.807, 2.05) is 33.9 Å². The van der Waals surface area contributed by atoms with E-state index in [1.165, 1.54) is 17.2 Å². The number of ether oxygens (including phenoxy) is 1. The fourth-order valence-electron chi connectivity index (χ4n) is 8.38. The average Bonchev–Trinajstić information content (AvgIpc) is 3.54. The van der Waals surface area contributed by atoms with Gasteiger partial charge < -0.3 is 34.1 Å². The van der Waals surface area contributed by atoms with Gasteiger partial charge in [-0.25, -0.2) is 35.5 Å². The van der Waals surface area contributed by atoms with E-state index in [2.05, 4.69) is 45.4 Å². The quantitative estimate of drug-likeness (QED) is 0.0363. The summed E-state index contributed by atoms with van der Waals surface area (Å²) < 4.78 is 65.1. The summed E-state index contributed by atoms with van der Waals surface area (Å²) >= 11 is 0. The van der Waals surface area contributed by atoms with Crippen molar-refractivity contribution in [1.29, 1.82) is 0 Å². The molecule has 5 aromatic rings. The summed E-state index contributed by atoms with van der Waals surface area (Å²) in [4.78, 5) is 66.0. The number of alkyl halides is 1. The summed E-state index contributed by atoms with van der Waals surface area (Å²) in [6.07, 6.45) is -4.92. The third-order valence-corrected chi connectivity index (χ3v) is 19.0. The largest absolute Gasteiger partial charge is 0.475 e. The monoisotopic (exact) mass is 965 g/mol.